The summed E-state index contributed by atoms with van der Waals surface area (Å²) in [6, 6.07) is 41.7. The molecule has 1 aliphatic rings. The number of fused-ring (bicyclic) bond motifs is 5. The quantitative estimate of drug-likeness (QED) is 0.175. The van der Waals surface area contributed by atoms with Gasteiger partial charge in [0.15, 0.2) is 0 Å². The summed E-state index contributed by atoms with van der Waals surface area (Å²) in [7, 11) is 0. The van der Waals surface area contributed by atoms with Crippen LogP contribution in [0.15, 0.2) is 128 Å². The fourth-order valence-electron chi connectivity index (χ4n) is 7.91. The van der Waals surface area contributed by atoms with Crippen molar-refractivity contribution in [3.05, 3.63) is 133 Å². The van der Waals surface area contributed by atoms with Crippen LogP contribution in [0.1, 0.15) is 26.3 Å². The molecule has 0 amide bonds. The molecule has 3 aromatic heterocycles. The number of aromatic hydroxyl groups is 1. The van der Waals surface area contributed by atoms with E-state index in [2.05, 4.69) is 128 Å². The van der Waals surface area contributed by atoms with Crippen LogP contribution in [-0.4, -0.2) is 37.9 Å². The average molecular weight is 810 g/mol. The first-order valence-electron chi connectivity index (χ1n) is 19.0. The molecular formula is C48H40GeN4O2S. The van der Waals surface area contributed by atoms with E-state index in [0.29, 0.717) is 11.4 Å². The molecule has 4 heterocycles. The second kappa shape index (κ2) is 12.6. The van der Waals surface area contributed by atoms with Gasteiger partial charge in [0.05, 0.1) is 0 Å². The summed E-state index contributed by atoms with van der Waals surface area (Å²) < 4.78 is 11.3. The van der Waals surface area contributed by atoms with Gasteiger partial charge >= 0.3 is 295 Å². The van der Waals surface area contributed by atoms with Gasteiger partial charge in [0, 0.05) is 0 Å². The molecule has 0 atom stereocenters. The third kappa shape index (κ3) is 5.47. The van der Waals surface area contributed by atoms with Gasteiger partial charge in [-0.1, -0.05) is 39.0 Å². The first kappa shape index (κ1) is 34.7. The molecule has 1 N–H and O–H groups in total. The number of aromatic nitrogens is 4. The number of para-hydroxylation sites is 2. The van der Waals surface area contributed by atoms with Crippen LogP contribution in [0.4, 0.5) is 0 Å². The Morgan fingerprint density at radius 2 is 1.46 bits per heavy atom. The minimum absolute atomic E-state index is 0.140. The Bertz CT molecular complexity index is 3040. The standard InChI is InChI=1S/C48H40GeN4O2S/c1-48(2,3)30-22-23-38(54)34(26-30)46-51-41-32(18-13-20-37(41)53(46)36-19-11-10-17-31(36)28-14-8-7-9-15-28)33-27-35-42-40-29(24-25-50-42)16-12-21-39(40)55-44(35)45-43(33)52-47(56-45)49(4,5)6/h7-27,54H,1-6H3. The Morgan fingerprint density at radius 3 is 2.27 bits per heavy atom. The van der Waals surface area contributed by atoms with E-state index in [1.54, 1.807) is 17.4 Å². The van der Waals surface area contributed by atoms with Gasteiger partial charge in [-0.05, 0) is 0 Å². The zero-order valence-electron chi connectivity index (χ0n) is 32.2. The minimum atomic E-state index is -2.41. The molecule has 0 fully saturated rings. The number of phenols is 1. The number of rotatable bonds is 5. The van der Waals surface area contributed by atoms with Crippen molar-refractivity contribution in [3.63, 3.8) is 0 Å². The van der Waals surface area contributed by atoms with Crippen LogP contribution in [0.5, 0.6) is 17.2 Å². The molecule has 0 spiro atoms. The number of imidazole rings is 1. The maximum absolute atomic E-state index is 11.7. The molecule has 0 saturated heterocycles. The third-order valence-corrected chi connectivity index (χ3v) is 18.4. The van der Waals surface area contributed by atoms with E-state index in [1.165, 1.54) is 3.84 Å². The number of thiazole rings is 1. The van der Waals surface area contributed by atoms with Crippen molar-refractivity contribution in [2.24, 2.45) is 0 Å². The van der Waals surface area contributed by atoms with E-state index in [1.807, 2.05) is 36.5 Å². The van der Waals surface area contributed by atoms with E-state index in [0.717, 1.165) is 88.3 Å². The van der Waals surface area contributed by atoms with Crippen molar-refractivity contribution < 1.29 is 9.84 Å². The monoisotopic (exact) mass is 810 g/mol. The van der Waals surface area contributed by atoms with Gasteiger partial charge in [0.2, 0.25) is 0 Å². The molecule has 0 aliphatic carbocycles. The molecule has 9 aromatic rings. The summed E-state index contributed by atoms with van der Waals surface area (Å²) >= 11 is -0.640. The van der Waals surface area contributed by atoms with Gasteiger partial charge in [-0.3, -0.25) is 0 Å². The molecule has 56 heavy (non-hydrogen) atoms. The normalized spacial score (nSPS) is 12.7. The molecule has 0 radical (unpaired) electrons. The van der Waals surface area contributed by atoms with Crippen molar-refractivity contribution in [1.29, 1.82) is 0 Å². The SMILES string of the molecule is CC(C)(C)c1ccc(O)c(-c2nc3c(-c4cc5c(c6s[c]([Ge]([CH3])([CH3])[CH3])nc46)Oc4cccc6ccnc-5c46)cccc3n2-c2ccccc2-c2ccccc2)c1. The first-order valence-corrected chi connectivity index (χ1v) is 27.2. The van der Waals surface area contributed by atoms with Gasteiger partial charge in [-0.25, -0.2) is 0 Å². The van der Waals surface area contributed by atoms with Gasteiger partial charge in [-0.2, -0.15) is 0 Å². The summed E-state index contributed by atoms with van der Waals surface area (Å²) in [5.74, 6) is 9.65. The Balaban J connectivity index is 1.32. The van der Waals surface area contributed by atoms with E-state index in [9.17, 15) is 5.11 Å². The molecule has 0 unspecified atom stereocenters. The fourth-order valence-corrected chi connectivity index (χ4v) is 12.6. The first-order chi connectivity index (χ1) is 27.0. The van der Waals surface area contributed by atoms with Gasteiger partial charge in [0.1, 0.15) is 0 Å². The Morgan fingerprint density at radius 1 is 0.696 bits per heavy atom. The van der Waals surface area contributed by atoms with Crippen LogP contribution < -0.4 is 8.58 Å². The molecule has 0 bridgehead atoms. The number of phenolic OH excluding ortho intramolecular Hbond substituents is 1. The second-order valence-corrected chi connectivity index (χ2v) is 28.9. The number of benzene rings is 6. The van der Waals surface area contributed by atoms with Crippen molar-refractivity contribution in [3.8, 4) is 67.8 Å². The average Bonchev–Trinajstić information content (AvgIpc) is 3.82. The predicted octanol–water partition coefficient (Wildman–Crippen LogP) is 12.5. The number of hydrogen-bond donors (Lipinski definition) is 1. The van der Waals surface area contributed by atoms with Crippen LogP contribution >= 0.6 is 11.3 Å². The zero-order chi connectivity index (χ0) is 38.5. The van der Waals surface area contributed by atoms with Crippen molar-refractivity contribution >= 4 is 60.5 Å². The molecule has 274 valence electrons. The molecule has 6 aromatic carbocycles. The molecule has 10 rings (SSSR count). The van der Waals surface area contributed by atoms with Crippen LogP contribution in [0.3, 0.4) is 0 Å². The maximum atomic E-state index is 11.7. The van der Waals surface area contributed by atoms with Gasteiger partial charge < -0.3 is 0 Å². The van der Waals surface area contributed by atoms with E-state index >= 15 is 0 Å². The molecule has 1 aliphatic heterocycles. The van der Waals surface area contributed by atoms with Crippen molar-refractivity contribution in [2.75, 3.05) is 0 Å². The third-order valence-electron chi connectivity index (χ3n) is 10.8. The number of nitrogens with zero attached hydrogens (tertiary/aromatic N) is 4. The Labute approximate surface area is 332 Å². The van der Waals surface area contributed by atoms with Crippen LogP contribution in [0.25, 0.3) is 82.6 Å². The second-order valence-electron chi connectivity index (χ2n) is 16.7. The molecule has 6 nitrogen and oxygen atoms in total. The van der Waals surface area contributed by atoms with Crippen molar-refractivity contribution in [1.82, 2.24) is 19.5 Å². The van der Waals surface area contributed by atoms with Crippen molar-refractivity contribution in [2.45, 2.75) is 43.5 Å². The van der Waals surface area contributed by atoms with E-state index in [4.69, 9.17) is 19.7 Å². The van der Waals surface area contributed by atoms with E-state index in [-0.39, 0.29) is 11.2 Å². The zero-order valence-corrected chi connectivity index (χ0v) is 35.1. The van der Waals surface area contributed by atoms with Gasteiger partial charge in [0.25, 0.3) is 0 Å². The summed E-state index contributed by atoms with van der Waals surface area (Å²) in [6.07, 6.45) is 1.89. The fraction of sp³-hybridized carbons (Fsp3) is 0.146. The Kier molecular flexibility index (Phi) is 7.83. The summed E-state index contributed by atoms with van der Waals surface area (Å²) in [6.45, 7) is 6.58. The summed E-state index contributed by atoms with van der Waals surface area (Å²) in [5.41, 5.74) is 11.3. The summed E-state index contributed by atoms with van der Waals surface area (Å²) in [4.78, 5) is 16.0. The van der Waals surface area contributed by atoms with Crippen LogP contribution in [-0.2, 0) is 5.41 Å². The number of pyridine rings is 1. The molecule has 0 saturated carbocycles. The topological polar surface area (TPSA) is 73.1 Å². The molecule has 8 heteroatoms. The van der Waals surface area contributed by atoms with E-state index < -0.39 is 13.3 Å². The number of hydrogen-bond acceptors (Lipinski definition) is 6. The summed E-state index contributed by atoms with van der Waals surface area (Å²) in [5, 5.41) is 13.8. The van der Waals surface area contributed by atoms with Gasteiger partial charge in [-0.15, -0.1) is 0 Å². The number of ether oxygens (including phenoxy) is 1. The van der Waals surface area contributed by atoms with Crippen LogP contribution in [0, 0.1) is 0 Å². The predicted molar refractivity (Wildman–Crippen MR) is 235 cm³/mol. The van der Waals surface area contributed by atoms with Crippen LogP contribution in [0.2, 0.25) is 17.3 Å². The molecular weight excluding hydrogens is 769 g/mol. The Hall–Kier alpha value is -5.77.